The Kier molecular flexibility index (Phi) is 6.57. The molecule has 1 heterocycles. The van der Waals surface area contributed by atoms with Crippen LogP contribution in [0.3, 0.4) is 0 Å². The summed E-state index contributed by atoms with van der Waals surface area (Å²) in [5, 5.41) is 4.99. The van der Waals surface area contributed by atoms with Gasteiger partial charge in [0.15, 0.2) is 17.4 Å². The molecule has 6 nitrogen and oxygen atoms in total. The van der Waals surface area contributed by atoms with Gasteiger partial charge in [-0.05, 0) is 29.8 Å². The molecular weight excluding hydrogens is 380 g/mol. The molecule has 0 bridgehead atoms. The number of carbonyl (C=O) groups excluding carboxylic acids is 1. The zero-order valence-corrected chi connectivity index (χ0v) is 15.6. The maximum atomic E-state index is 13.7. The molecule has 0 aliphatic rings. The second-order valence-corrected chi connectivity index (χ2v) is 6.03. The lowest BCUT2D eigenvalue weighted by Gasteiger charge is -2.10. The van der Waals surface area contributed by atoms with E-state index >= 15 is 0 Å². The molecule has 3 rings (SSSR count). The van der Waals surface area contributed by atoms with Crippen LogP contribution in [0.4, 0.5) is 19.3 Å². The van der Waals surface area contributed by atoms with Crippen molar-refractivity contribution >= 4 is 11.7 Å². The minimum Gasteiger partial charge on any atom is -0.491 e. The summed E-state index contributed by atoms with van der Waals surface area (Å²) in [7, 11) is 1.16. The highest BCUT2D eigenvalue weighted by Crippen LogP contribution is 2.25. The molecule has 2 N–H and O–H groups in total. The van der Waals surface area contributed by atoms with E-state index in [1.54, 1.807) is 30.5 Å². The molecule has 29 heavy (non-hydrogen) atoms. The van der Waals surface area contributed by atoms with E-state index in [1.165, 1.54) is 0 Å². The standard InChI is InChI=1S/C21H19F2N3O3/c1-28-20-18(22)10-16(11-19(20)23)26-21(27)25-12-14-5-7-17(8-6-14)29-13-15-4-2-3-9-24-15/h2-11H,12-13H2,1H3,(H2,25,26,27). The molecule has 0 spiro atoms. The van der Waals surface area contributed by atoms with Crippen LogP contribution in [0.1, 0.15) is 11.3 Å². The van der Waals surface area contributed by atoms with E-state index in [0.717, 1.165) is 30.5 Å². The van der Waals surface area contributed by atoms with Gasteiger partial charge in [0.1, 0.15) is 12.4 Å². The number of benzene rings is 2. The molecular formula is C21H19F2N3O3. The van der Waals surface area contributed by atoms with E-state index in [9.17, 15) is 13.6 Å². The van der Waals surface area contributed by atoms with Gasteiger partial charge in [-0.3, -0.25) is 4.98 Å². The highest BCUT2D eigenvalue weighted by molar-refractivity contribution is 5.89. The quantitative estimate of drug-likeness (QED) is 0.622. The monoisotopic (exact) mass is 399 g/mol. The van der Waals surface area contributed by atoms with Gasteiger partial charge in [-0.1, -0.05) is 18.2 Å². The molecule has 0 aliphatic heterocycles. The first-order valence-electron chi connectivity index (χ1n) is 8.74. The number of aromatic nitrogens is 1. The number of hydrogen-bond acceptors (Lipinski definition) is 4. The Labute approximate surface area is 166 Å². The van der Waals surface area contributed by atoms with Crippen LogP contribution in [0.25, 0.3) is 0 Å². The van der Waals surface area contributed by atoms with Crippen molar-refractivity contribution in [1.82, 2.24) is 10.3 Å². The van der Waals surface area contributed by atoms with Crippen LogP contribution < -0.4 is 20.1 Å². The van der Waals surface area contributed by atoms with Crippen LogP contribution in [0.2, 0.25) is 0 Å². The van der Waals surface area contributed by atoms with Crippen molar-refractivity contribution < 1.29 is 23.0 Å². The lowest BCUT2D eigenvalue weighted by atomic mass is 10.2. The van der Waals surface area contributed by atoms with Gasteiger partial charge in [0.05, 0.1) is 12.8 Å². The number of anilines is 1. The molecule has 0 saturated heterocycles. The fourth-order valence-corrected chi connectivity index (χ4v) is 2.53. The van der Waals surface area contributed by atoms with Crippen molar-refractivity contribution in [1.29, 1.82) is 0 Å². The van der Waals surface area contributed by atoms with Crippen LogP contribution in [0.5, 0.6) is 11.5 Å². The number of nitrogens with zero attached hydrogens (tertiary/aromatic N) is 1. The zero-order valence-electron chi connectivity index (χ0n) is 15.6. The predicted molar refractivity (Wildman–Crippen MR) is 104 cm³/mol. The third kappa shape index (κ3) is 5.65. The third-order valence-corrected chi connectivity index (χ3v) is 3.95. The highest BCUT2D eigenvalue weighted by atomic mass is 19.1. The first kappa shape index (κ1) is 20.1. The van der Waals surface area contributed by atoms with Crippen molar-refractivity contribution in [2.45, 2.75) is 13.2 Å². The molecule has 0 radical (unpaired) electrons. The number of nitrogens with one attached hydrogen (secondary N) is 2. The fraction of sp³-hybridized carbons (Fsp3) is 0.143. The van der Waals surface area contributed by atoms with E-state index in [0.29, 0.717) is 12.4 Å². The second kappa shape index (κ2) is 9.50. The van der Waals surface area contributed by atoms with Crippen molar-refractivity contribution in [2.75, 3.05) is 12.4 Å². The van der Waals surface area contributed by atoms with Crippen LogP contribution in [-0.4, -0.2) is 18.1 Å². The Morgan fingerprint density at radius 1 is 1.07 bits per heavy atom. The van der Waals surface area contributed by atoms with Gasteiger partial charge in [0.25, 0.3) is 0 Å². The van der Waals surface area contributed by atoms with Gasteiger partial charge in [-0.25, -0.2) is 13.6 Å². The topological polar surface area (TPSA) is 72.5 Å². The zero-order chi connectivity index (χ0) is 20.6. The summed E-state index contributed by atoms with van der Waals surface area (Å²) in [4.78, 5) is 16.1. The van der Waals surface area contributed by atoms with Crippen molar-refractivity contribution in [3.8, 4) is 11.5 Å². The number of methoxy groups -OCH3 is 1. The Morgan fingerprint density at radius 3 is 2.41 bits per heavy atom. The highest BCUT2D eigenvalue weighted by Gasteiger charge is 2.13. The third-order valence-electron chi connectivity index (χ3n) is 3.95. The summed E-state index contributed by atoms with van der Waals surface area (Å²) in [5.41, 5.74) is 1.63. The molecule has 8 heteroatoms. The summed E-state index contributed by atoms with van der Waals surface area (Å²) in [5.74, 6) is -1.62. The largest absolute Gasteiger partial charge is 0.491 e. The van der Waals surface area contributed by atoms with Gasteiger partial charge >= 0.3 is 6.03 Å². The number of urea groups is 1. The molecule has 0 saturated carbocycles. The average Bonchev–Trinajstić information content (AvgIpc) is 2.72. The lowest BCUT2D eigenvalue weighted by molar-refractivity contribution is 0.251. The van der Waals surface area contributed by atoms with Gasteiger partial charge in [0.2, 0.25) is 0 Å². The summed E-state index contributed by atoms with van der Waals surface area (Å²) < 4.78 is 37.6. The van der Waals surface area contributed by atoms with Crippen molar-refractivity contribution in [3.63, 3.8) is 0 Å². The molecule has 0 aliphatic carbocycles. The van der Waals surface area contributed by atoms with Crippen molar-refractivity contribution in [2.24, 2.45) is 0 Å². The Morgan fingerprint density at radius 2 is 1.79 bits per heavy atom. The number of carbonyl (C=O) groups is 1. The van der Waals surface area contributed by atoms with Gasteiger partial charge < -0.3 is 20.1 Å². The number of ether oxygens (including phenoxy) is 2. The first-order valence-corrected chi connectivity index (χ1v) is 8.74. The fourth-order valence-electron chi connectivity index (χ4n) is 2.53. The summed E-state index contributed by atoms with van der Waals surface area (Å²) in [6.07, 6.45) is 1.70. The number of hydrogen-bond donors (Lipinski definition) is 2. The Bertz CT molecular complexity index is 944. The van der Waals surface area contributed by atoms with Gasteiger partial charge in [0, 0.05) is 30.6 Å². The van der Waals surface area contributed by atoms with Crippen LogP contribution >= 0.6 is 0 Å². The number of halogens is 2. The van der Waals surface area contributed by atoms with Crippen LogP contribution in [0.15, 0.2) is 60.8 Å². The molecule has 0 fully saturated rings. The van der Waals surface area contributed by atoms with E-state index in [2.05, 4.69) is 20.4 Å². The van der Waals surface area contributed by atoms with E-state index in [-0.39, 0.29) is 12.2 Å². The van der Waals surface area contributed by atoms with E-state index in [4.69, 9.17) is 4.74 Å². The van der Waals surface area contributed by atoms with Crippen LogP contribution in [0, 0.1) is 11.6 Å². The minimum absolute atomic E-state index is 0.0171. The van der Waals surface area contributed by atoms with Crippen LogP contribution in [-0.2, 0) is 13.2 Å². The first-order chi connectivity index (χ1) is 14.0. The summed E-state index contributed by atoms with van der Waals surface area (Å²) in [6.45, 7) is 0.587. The maximum absolute atomic E-state index is 13.7. The molecule has 0 atom stereocenters. The van der Waals surface area contributed by atoms with E-state index < -0.39 is 23.4 Å². The SMILES string of the molecule is COc1c(F)cc(NC(=O)NCc2ccc(OCc3ccccn3)cc2)cc1F. The maximum Gasteiger partial charge on any atom is 0.319 e. The molecule has 1 aromatic heterocycles. The van der Waals surface area contributed by atoms with E-state index in [1.807, 2.05) is 18.2 Å². The minimum atomic E-state index is -0.899. The molecule has 3 aromatic rings. The smallest absolute Gasteiger partial charge is 0.319 e. The van der Waals surface area contributed by atoms with Gasteiger partial charge in [-0.2, -0.15) is 0 Å². The molecule has 2 aromatic carbocycles. The molecule has 150 valence electrons. The second-order valence-electron chi connectivity index (χ2n) is 6.03. The average molecular weight is 399 g/mol. The number of pyridine rings is 1. The number of amides is 2. The lowest BCUT2D eigenvalue weighted by Crippen LogP contribution is -2.28. The Hall–Kier alpha value is -3.68. The summed E-state index contributed by atoms with van der Waals surface area (Å²) in [6, 6.07) is 14.1. The van der Waals surface area contributed by atoms with Crippen molar-refractivity contribution in [3.05, 3.63) is 83.7 Å². The number of rotatable bonds is 7. The Balaban J connectivity index is 1.49. The molecule has 0 unspecified atom stereocenters. The summed E-state index contributed by atoms with van der Waals surface area (Å²) >= 11 is 0. The van der Waals surface area contributed by atoms with Gasteiger partial charge in [-0.15, -0.1) is 0 Å². The predicted octanol–water partition coefficient (Wildman–Crippen LogP) is 4.27. The normalized spacial score (nSPS) is 10.3. The molecule has 2 amide bonds.